The molecule has 0 amide bonds. The molecule has 6 heteroatoms. The number of halogens is 1. The van der Waals surface area contributed by atoms with E-state index in [1.807, 2.05) is 18.2 Å². The molecule has 1 aliphatic heterocycles. The lowest BCUT2D eigenvalue weighted by Gasteiger charge is -2.12. The van der Waals surface area contributed by atoms with E-state index in [4.69, 9.17) is 10.5 Å². The molecule has 0 atom stereocenters. The first-order valence-corrected chi connectivity index (χ1v) is 5.58. The topological polar surface area (TPSA) is 72.5 Å². The number of hydrogen-bond acceptors (Lipinski definition) is 3. The van der Waals surface area contributed by atoms with Gasteiger partial charge in [0.25, 0.3) is 0 Å². The Morgan fingerprint density at radius 3 is 3.06 bits per heavy atom. The van der Waals surface area contributed by atoms with Crippen LogP contribution < -0.4 is 11.1 Å². The summed E-state index contributed by atoms with van der Waals surface area (Å²) in [6, 6.07) is 5.58. The highest BCUT2D eigenvalue weighted by atomic mass is 127. The van der Waals surface area contributed by atoms with Crippen LogP contribution in [0.4, 0.5) is 5.82 Å². The van der Waals surface area contributed by atoms with E-state index in [9.17, 15) is 0 Å². The van der Waals surface area contributed by atoms with Gasteiger partial charge >= 0.3 is 0 Å². The summed E-state index contributed by atoms with van der Waals surface area (Å²) in [4.78, 5) is 8.34. The Labute approximate surface area is 124 Å². The Bertz CT molecular complexity index is 419. The van der Waals surface area contributed by atoms with Crippen molar-refractivity contribution in [1.82, 2.24) is 4.98 Å². The SMILES string of the molecule is I.NC(=NCC1=CCCOC1)Nc1ccccn1. The maximum Gasteiger partial charge on any atom is 0.194 e. The largest absolute Gasteiger partial charge is 0.377 e. The molecule has 2 heterocycles. The first-order valence-electron chi connectivity index (χ1n) is 5.58. The molecule has 0 saturated carbocycles. The highest BCUT2D eigenvalue weighted by molar-refractivity contribution is 14.0. The van der Waals surface area contributed by atoms with Crippen molar-refractivity contribution in [2.75, 3.05) is 25.1 Å². The number of nitrogens with two attached hydrogens (primary N) is 1. The van der Waals surface area contributed by atoms with Gasteiger partial charge in [0.1, 0.15) is 5.82 Å². The molecule has 0 radical (unpaired) electrons. The van der Waals surface area contributed by atoms with Crippen molar-refractivity contribution >= 4 is 35.8 Å². The molecule has 18 heavy (non-hydrogen) atoms. The lowest BCUT2D eigenvalue weighted by atomic mass is 10.2. The fourth-order valence-electron chi connectivity index (χ4n) is 1.51. The molecule has 1 aromatic rings. The van der Waals surface area contributed by atoms with E-state index in [0.717, 1.165) is 13.0 Å². The van der Waals surface area contributed by atoms with Gasteiger partial charge in [-0.05, 0) is 24.1 Å². The van der Waals surface area contributed by atoms with Crippen LogP contribution in [0, 0.1) is 0 Å². The predicted octanol–water partition coefficient (Wildman–Crippen LogP) is 1.77. The zero-order valence-electron chi connectivity index (χ0n) is 10.0. The number of nitrogens with one attached hydrogen (secondary N) is 1. The fourth-order valence-corrected chi connectivity index (χ4v) is 1.51. The molecule has 0 fully saturated rings. The van der Waals surface area contributed by atoms with Gasteiger partial charge in [0.15, 0.2) is 5.96 Å². The van der Waals surface area contributed by atoms with Crippen molar-refractivity contribution in [3.63, 3.8) is 0 Å². The highest BCUT2D eigenvalue weighted by Gasteiger charge is 2.03. The Kier molecular flexibility index (Phi) is 6.66. The molecule has 0 aliphatic carbocycles. The molecule has 0 bridgehead atoms. The van der Waals surface area contributed by atoms with Crippen molar-refractivity contribution in [3.05, 3.63) is 36.0 Å². The molecular weight excluding hydrogens is 343 g/mol. The first kappa shape index (κ1) is 14.9. The van der Waals surface area contributed by atoms with Crippen molar-refractivity contribution in [1.29, 1.82) is 0 Å². The minimum Gasteiger partial charge on any atom is -0.377 e. The molecule has 0 aromatic carbocycles. The minimum absolute atomic E-state index is 0. The molecule has 5 nitrogen and oxygen atoms in total. The standard InChI is InChI=1S/C12H16N4O.HI/c13-12(16-11-5-1-2-6-14-11)15-8-10-4-3-7-17-9-10;/h1-2,4-6H,3,7-9H2,(H3,13,14,15,16);1H. The maximum absolute atomic E-state index is 5.75. The van der Waals surface area contributed by atoms with Crippen molar-refractivity contribution in [2.45, 2.75) is 6.42 Å². The average molecular weight is 360 g/mol. The van der Waals surface area contributed by atoms with Gasteiger partial charge in [-0.25, -0.2) is 9.98 Å². The number of nitrogens with zero attached hydrogens (tertiary/aromatic N) is 2. The Morgan fingerprint density at radius 1 is 1.50 bits per heavy atom. The molecule has 1 aromatic heterocycles. The fraction of sp³-hybridized carbons (Fsp3) is 0.333. The third-order valence-corrected chi connectivity index (χ3v) is 2.36. The second-order valence-electron chi connectivity index (χ2n) is 3.75. The summed E-state index contributed by atoms with van der Waals surface area (Å²) in [5, 5.41) is 2.93. The number of aromatic nitrogens is 1. The van der Waals surface area contributed by atoms with Crippen LogP contribution in [-0.4, -0.2) is 30.7 Å². The molecule has 0 unspecified atom stereocenters. The lowest BCUT2D eigenvalue weighted by Crippen LogP contribution is -2.24. The van der Waals surface area contributed by atoms with Crippen molar-refractivity contribution in [2.24, 2.45) is 10.7 Å². The van der Waals surface area contributed by atoms with Gasteiger partial charge < -0.3 is 15.8 Å². The number of pyridine rings is 1. The summed E-state index contributed by atoms with van der Waals surface area (Å²) in [6.45, 7) is 2.03. The molecule has 2 rings (SSSR count). The highest BCUT2D eigenvalue weighted by Crippen LogP contribution is 2.06. The number of hydrogen-bond donors (Lipinski definition) is 2. The van der Waals surface area contributed by atoms with Crippen LogP contribution in [0.5, 0.6) is 0 Å². The Morgan fingerprint density at radius 2 is 2.39 bits per heavy atom. The van der Waals surface area contributed by atoms with Crippen LogP contribution in [-0.2, 0) is 4.74 Å². The van der Waals surface area contributed by atoms with Gasteiger partial charge in [-0.2, -0.15) is 0 Å². The zero-order valence-corrected chi connectivity index (χ0v) is 12.3. The van der Waals surface area contributed by atoms with Crippen LogP contribution in [0.2, 0.25) is 0 Å². The van der Waals surface area contributed by atoms with Crippen molar-refractivity contribution in [3.8, 4) is 0 Å². The summed E-state index contributed by atoms with van der Waals surface area (Å²) in [5.41, 5.74) is 6.92. The van der Waals surface area contributed by atoms with Gasteiger partial charge in [-0.15, -0.1) is 24.0 Å². The quantitative estimate of drug-likeness (QED) is 0.373. The number of aliphatic imine (C=N–C) groups is 1. The Hall–Kier alpha value is -1.15. The molecule has 98 valence electrons. The number of ether oxygens (including phenoxy) is 1. The first-order chi connectivity index (χ1) is 8.34. The second kappa shape index (κ2) is 8.04. The predicted molar refractivity (Wildman–Crippen MR) is 83.3 cm³/mol. The summed E-state index contributed by atoms with van der Waals surface area (Å²) in [6.07, 6.45) is 4.81. The van der Waals surface area contributed by atoms with Crippen LogP contribution in [0.15, 0.2) is 41.0 Å². The van der Waals surface area contributed by atoms with E-state index in [1.165, 1.54) is 5.57 Å². The van der Waals surface area contributed by atoms with Crippen LogP contribution in [0.1, 0.15) is 6.42 Å². The van der Waals surface area contributed by atoms with E-state index in [0.29, 0.717) is 24.9 Å². The average Bonchev–Trinajstić information content (AvgIpc) is 2.39. The second-order valence-corrected chi connectivity index (χ2v) is 3.75. The maximum atomic E-state index is 5.75. The van der Waals surface area contributed by atoms with Gasteiger partial charge in [0.05, 0.1) is 19.8 Å². The van der Waals surface area contributed by atoms with Crippen LogP contribution >= 0.6 is 24.0 Å². The number of anilines is 1. The van der Waals surface area contributed by atoms with Gasteiger partial charge in [0.2, 0.25) is 0 Å². The molecule has 0 saturated heterocycles. The van der Waals surface area contributed by atoms with Gasteiger partial charge in [0, 0.05) is 6.20 Å². The lowest BCUT2D eigenvalue weighted by molar-refractivity contribution is 0.150. The summed E-state index contributed by atoms with van der Waals surface area (Å²) >= 11 is 0. The third kappa shape index (κ3) is 5.01. The summed E-state index contributed by atoms with van der Waals surface area (Å²) < 4.78 is 5.32. The zero-order chi connectivity index (χ0) is 11.9. The molecule has 1 aliphatic rings. The Balaban J connectivity index is 0.00000162. The van der Waals surface area contributed by atoms with Crippen LogP contribution in [0.3, 0.4) is 0 Å². The molecule has 3 N–H and O–H groups in total. The van der Waals surface area contributed by atoms with Gasteiger partial charge in [-0.1, -0.05) is 12.1 Å². The van der Waals surface area contributed by atoms with Crippen LogP contribution in [0.25, 0.3) is 0 Å². The van der Waals surface area contributed by atoms with E-state index in [-0.39, 0.29) is 24.0 Å². The van der Waals surface area contributed by atoms with E-state index < -0.39 is 0 Å². The minimum atomic E-state index is 0. The van der Waals surface area contributed by atoms with Crippen molar-refractivity contribution < 1.29 is 4.74 Å². The van der Waals surface area contributed by atoms with E-state index in [1.54, 1.807) is 6.20 Å². The monoisotopic (exact) mass is 360 g/mol. The molecule has 0 spiro atoms. The number of rotatable bonds is 3. The normalized spacial score (nSPS) is 15.6. The summed E-state index contributed by atoms with van der Waals surface area (Å²) in [5.74, 6) is 1.07. The summed E-state index contributed by atoms with van der Waals surface area (Å²) in [7, 11) is 0. The van der Waals surface area contributed by atoms with Gasteiger partial charge in [-0.3, -0.25) is 0 Å². The van der Waals surface area contributed by atoms with E-state index >= 15 is 0 Å². The smallest absolute Gasteiger partial charge is 0.194 e. The molecular formula is C12H17IN4O. The number of guanidine groups is 1. The van der Waals surface area contributed by atoms with E-state index in [2.05, 4.69) is 21.4 Å². The third-order valence-electron chi connectivity index (χ3n) is 2.36.